The highest BCUT2D eigenvalue weighted by Crippen LogP contribution is 2.22. The number of methoxy groups -OCH3 is 1. The average Bonchev–Trinajstić information content (AvgIpc) is 2.32. The summed E-state index contributed by atoms with van der Waals surface area (Å²) < 4.78 is 21.7. The SMILES string of the molecule is COc1c(C)cc([Si](OC)(OC)OC)cc1C. The van der Waals surface area contributed by atoms with E-state index in [-0.39, 0.29) is 0 Å². The second kappa shape index (κ2) is 5.64. The van der Waals surface area contributed by atoms with Crippen molar-refractivity contribution in [1.82, 2.24) is 0 Å². The van der Waals surface area contributed by atoms with Crippen LogP contribution in [0, 0.1) is 13.8 Å². The van der Waals surface area contributed by atoms with E-state index in [1.165, 1.54) is 0 Å². The molecule has 4 nitrogen and oxygen atoms in total. The second-order valence-corrected chi connectivity index (χ2v) is 6.73. The molecule has 0 radical (unpaired) electrons. The molecule has 0 aromatic heterocycles. The summed E-state index contributed by atoms with van der Waals surface area (Å²) >= 11 is 0. The zero-order valence-electron chi connectivity index (χ0n) is 11.3. The molecule has 0 aliphatic carbocycles. The van der Waals surface area contributed by atoms with Gasteiger partial charge in [-0.15, -0.1) is 0 Å². The van der Waals surface area contributed by atoms with Crippen LogP contribution in [0.25, 0.3) is 0 Å². The number of ether oxygens (including phenoxy) is 1. The molecule has 1 aromatic rings. The lowest BCUT2D eigenvalue weighted by molar-refractivity contribution is 0.140. The summed E-state index contributed by atoms with van der Waals surface area (Å²) in [6, 6.07) is 3.99. The molecular weight excluding hydrogens is 236 g/mol. The molecule has 1 aromatic carbocycles. The maximum absolute atomic E-state index is 5.46. The van der Waals surface area contributed by atoms with Crippen molar-refractivity contribution in [3.05, 3.63) is 23.3 Å². The number of hydrogen-bond donors (Lipinski definition) is 0. The number of rotatable bonds is 5. The zero-order chi connectivity index (χ0) is 13.1. The van der Waals surface area contributed by atoms with Crippen LogP contribution in [0.5, 0.6) is 5.75 Å². The van der Waals surface area contributed by atoms with Crippen molar-refractivity contribution in [3.63, 3.8) is 0 Å². The molecule has 0 N–H and O–H groups in total. The molecule has 0 amide bonds. The third-order valence-corrected chi connectivity index (χ3v) is 5.43. The molecule has 0 bridgehead atoms. The van der Waals surface area contributed by atoms with Crippen molar-refractivity contribution >= 4 is 14.0 Å². The Labute approximate surface area is 104 Å². The lowest BCUT2D eigenvalue weighted by Gasteiger charge is -2.25. The Morgan fingerprint density at radius 3 is 1.53 bits per heavy atom. The van der Waals surface area contributed by atoms with Crippen LogP contribution in [-0.4, -0.2) is 37.2 Å². The van der Waals surface area contributed by atoms with E-state index < -0.39 is 8.80 Å². The van der Waals surface area contributed by atoms with Gasteiger partial charge in [0.2, 0.25) is 0 Å². The number of aryl methyl sites for hydroxylation is 2. The van der Waals surface area contributed by atoms with Gasteiger partial charge in [-0.25, -0.2) is 0 Å². The number of benzene rings is 1. The lowest BCUT2D eigenvalue weighted by atomic mass is 10.1. The zero-order valence-corrected chi connectivity index (χ0v) is 12.3. The fourth-order valence-electron chi connectivity index (χ4n) is 2.05. The van der Waals surface area contributed by atoms with Crippen molar-refractivity contribution in [2.24, 2.45) is 0 Å². The molecule has 96 valence electrons. The van der Waals surface area contributed by atoms with Gasteiger partial charge in [-0.2, -0.15) is 0 Å². The third-order valence-electron chi connectivity index (χ3n) is 2.82. The van der Waals surface area contributed by atoms with E-state index in [0.29, 0.717) is 0 Å². The van der Waals surface area contributed by atoms with E-state index in [9.17, 15) is 0 Å². The summed E-state index contributed by atoms with van der Waals surface area (Å²) in [5.74, 6) is 0.889. The molecule has 0 aliphatic heterocycles. The highest BCUT2D eigenvalue weighted by molar-refractivity contribution is 6.75. The predicted molar refractivity (Wildman–Crippen MR) is 68.9 cm³/mol. The largest absolute Gasteiger partial charge is 0.536 e. The number of hydrogen-bond acceptors (Lipinski definition) is 4. The maximum Gasteiger partial charge on any atom is 0.536 e. The van der Waals surface area contributed by atoms with E-state index in [1.807, 2.05) is 26.0 Å². The minimum atomic E-state index is -2.75. The Hall–Kier alpha value is -0.883. The van der Waals surface area contributed by atoms with Crippen LogP contribution < -0.4 is 9.92 Å². The average molecular weight is 256 g/mol. The summed E-state index contributed by atoms with van der Waals surface area (Å²) in [6.07, 6.45) is 0. The van der Waals surface area contributed by atoms with Gasteiger partial charge in [0.25, 0.3) is 0 Å². The van der Waals surface area contributed by atoms with Gasteiger partial charge in [-0.3, -0.25) is 0 Å². The van der Waals surface area contributed by atoms with E-state index in [4.69, 9.17) is 18.0 Å². The summed E-state index contributed by atoms with van der Waals surface area (Å²) in [6.45, 7) is 3.99. The van der Waals surface area contributed by atoms with Crippen LogP contribution in [-0.2, 0) is 13.3 Å². The summed E-state index contributed by atoms with van der Waals surface area (Å²) in [5.41, 5.74) is 2.09. The fraction of sp³-hybridized carbons (Fsp3) is 0.500. The summed E-state index contributed by atoms with van der Waals surface area (Å²) in [4.78, 5) is 0. The topological polar surface area (TPSA) is 36.9 Å². The monoisotopic (exact) mass is 256 g/mol. The van der Waals surface area contributed by atoms with Gasteiger partial charge >= 0.3 is 8.80 Å². The Morgan fingerprint density at radius 1 is 0.824 bits per heavy atom. The minimum Gasteiger partial charge on any atom is -0.496 e. The first-order valence-electron chi connectivity index (χ1n) is 5.35. The summed E-state index contributed by atoms with van der Waals surface area (Å²) in [5, 5.41) is 0.945. The van der Waals surface area contributed by atoms with Crippen molar-refractivity contribution in [1.29, 1.82) is 0 Å². The van der Waals surface area contributed by atoms with Gasteiger partial charge in [-0.05, 0) is 37.1 Å². The molecule has 0 atom stereocenters. The first kappa shape index (κ1) is 14.2. The quantitative estimate of drug-likeness (QED) is 0.746. The van der Waals surface area contributed by atoms with Gasteiger partial charge in [0, 0.05) is 26.5 Å². The first-order valence-corrected chi connectivity index (χ1v) is 7.08. The Kier molecular flexibility index (Phi) is 4.70. The van der Waals surface area contributed by atoms with Gasteiger partial charge in [0.15, 0.2) is 0 Å². The molecule has 0 unspecified atom stereocenters. The Bertz CT molecular complexity index is 357. The van der Waals surface area contributed by atoms with Crippen LogP contribution in [0.1, 0.15) is 11.1 Å². The molecule has 0 fully saturated rings. The Balaban J connectivity index is 3.32. The smallest absolute Gasteiger partial charge is 0.496 e. The lowest BCUT2D eigenvalue weighted by Crippen LogP contribution is -2.54. The molecule has 5 heteroatoms. The molecule has 0 aliphatic rings. The van der Waals surface area contributed by atoms with Crippen LogP contribution in [0.3, 0.4) is 0 Å². The maximum atomic E-state index is 5.46. The van der Waals surface area contributed by atoms with E-state index in [0.717, 1.165) is 22.1 Å². The van der Waals surface area contributed by atoms with Crippen molar-refractivity contribution in [3.8, 4) is 5.75 Å². The minimum absolute atomic E-state index is 0.889. The van der Waals surface area contributed by atoms with E-state index >= 15 is 0 Å². The van der Waals surface area contributed by atoms with Crippen LogP contribution in [0.2, 0.25) is 0 Å². The molecular formula is C12H20O4Si. The van der Waals surface area contributed by atoms with Gasteiger partial charge in [0.1, 0.15) is 5.75 Å². The van der Waals surface area contributed by atoms with E-state index in [2.05, 4.69) is 0 Å². The summed E-state index contributed by atoms with van der Waals surface area (Å²) in [7, 11) is 3.74. The molecule has 0 heterocycles. The van der Waals surface area contributed by atoms with Gasteiger partial charge in [-0.1, -0.05) is 0 Å². The second-order valence-electron chi connectivity index (χ2n) is 3.81. The highest BCUT2D eigenvalue weighted by atomic mass is 28.4. The highest BCUT2D eigenvalue weighted by Gasteiger charge is 2.41. The van der Waals surface area contributed by atoms with Gasteiger partial charge in [0.05, 0.1) is 7.11 Å². The van der Waals surface area contributed by atoms with Crippen molar-refractivity contribution in [2.45, 2.75) is 13.8 Å². The van der Waals surface area contributed by atoms with Gasteiger partial charge < -0.3 is 18.0 Å². The predicted octanol–water partition coefficient (Wildman–Crippen LogP) is 1.40. The molecule has 0 saturated carbocycles. The van der Waals surface area contributed by atoms with E-state index in [1.54, 1.807) is 28.4 Å². The molecule has 0 spiro atoms. The van der Waals surface area contributed by atoms with Crippen molar-refractivity contribution in [2.75, 3.05) is 28.4 Å². The standard InChI is InChI=1S/C12H20O4Si/c1-9-7-11(8-10(2)12(9)13-3)17(14-4,15-5)16-6/h7-8H,1-6H3. The van der Waals surface area contributed by atoms with Crippen LogP contribution in [0.15, 0.2) is 12.1 Å². The first-order chi connectivity index (χ1) is 8.04. The van der Waals surface area contributed by atoms with Crippen molar-refractivity contribution < 1.29 is 18.0 Å². The fourth-order valence-corrected chi connectivity index (χ4v) is 4.05. The third kappa shape index (κ3) is 2.52. The molecule has 0 saturated heterocycles. The Morgan fingerprint density at radius 2 is 1.24 bits per heavy atom. The molecule has 17 heavy (non-hydrogen) atoms. The van der Waals surface area contributed by atoms with Crippen LogP contribution >= 0.6 is 0 Å². The normalized spacial score (nSPS) is 11.6. The molecule has 1 rings (SSSR count). The van der Waals surface area contributed by atoms with Crippen LogP contribution in [0.4, 0.5) is 0 Å².